The predicted octanol–water partition coefficient (Wildman–Crippen LogP) is 5.77. The lowest BCUT2D eigenvalue weighted by Crippen LogP contribution is -2.13. The quantitative estimate of drug-likeness (QED) is 0.603. The number of allylic oxidation sites excluding steroid dienone is 1. The van der Waals surface area contributed by atoms with Crippen LogP contribution in [0.4, 0.5) is 10.1 Å². The van der Waals surface area contributed by atoms with Crippen LogP contribution in [0.15, 0.2) is 36.7 Å². The molecule has 2 heteroatoms. The summed E-state index contributed by atoms with van der Waals surface area (Å²) < 4.78 is 11.9. The van der Waals surface area contributed by atoms with E-state index in [2.05, 4.69) is 17.0 Å². The van der Waals surface area contributed by atoms with Crippen molar-refractivity contribution in [3.8, 4) is 0 Å². The van der Waals surface area contributed by atoms with E-state index in [1.807, 2.05) is 12.1 Å². The molecule has 1 aromatic carbocycles. The molecule has 0 spiro atoms. The molecule has 0 heterocycles. The SMILES string of the molecule is [C-]#[N+]c1ccc(C2CCC(CC/C=C/F)CC2)cc1. The van der Waals surface area contributed by atoms with Crippen LogP contribution in [0.3, 0.4) is 0 Å². The molecule has 1 saturated carbocycles. The lowest BCUT2D eigenvalue weighted by molar-refractivity contribution is 0.311. The fraction of sp³-hybridized carbons (Fsp3) is 0.471. The molecule has 0 aliphatic heterocycles. The van der Waals surface area contributed by atoms with Crippen molar-refractivity contribution >= 4 is 5.69 Å². The van der Waals surface area contributed by atoms with Gasteiger partial charge >= 0.3 is 0 Å². The first-order valence-corrected chi connectivity index (χ1v) is 7.06. The van der Waals surface area contributed by atoms with Crippen LogP contribution in [-0.4, -0.2) is 0 Å². The summed E-state index contributed by atoms with van der Waals surface area (Å²) >= 11 is 0. The van der Waals surface area contributed by atoms with Gasteiger partial charge in [-0.2, -0.15) is 0 Å². The van der Waals surface area contributed by atoms with Gasteiger partial charge in [-0.25, -0.2) is 9.24 Å². The van der Waals surface area contributed by atoms with Gasteiger partial charge in [0.15, 0.2) is 5.69 Å². The molecule has 1 aromatic rings. The van der Waals surface area contributed by atoms with Gasteiger partial charge in [0, 0.05) is 0 Å². The van der Waals surface area contributed by atoms with Crippen molar-refractivity contribution in [3.05, 3.63) is 53.7 Å². The molecule has 0 bridgehead atoms. The van der Waals surface area contributed by atoms with Gasteiger partial charge in [0.25, 0.3) is 0 Å². The maximum absolute atomic E-state index is 11.9. The zero-order valence-corrected chi connectivity index (χ0v) is 11.2. The molecule has 1 nitrogen and oxygen atoms in total. The van der Waals surface area contributed by atoms with Crippen molar-refractivity contribution in [3.63, 3.8) is 0 Å². The van der Waals surface area contributed by atoms with Crippen molar-refractivity contribution in [1.29, 1.82) is 0 Å². The summed E-state index contributed by atoms with van der Waals surface area (Å²) in [4.78, 5) is 3.42. The Hall–Kier alpha value is -1.62. The molecule has 1 aliphatic rings. The number of rotatable bonds is 4. The van der Waals surface area contributed by atoms with Crippen LogP contribution >= 0.6 is 0 Å². The van der Waals surface area contributed by atoms with E-state index >= 15 is 0 Å². The Morgan fingerprint density at radius 3 is 2.42 bits per heavy atom. The van der Waals surface area contributed by atoms with E-state index in [-0.39, 0.29) is 0 Å². The lowest BCUT2D eigenvalue weighted by atomic mass is 9.77. The first-order valence-electron chi connectivity index (χ1n) is 7.06. The molecule has 2 rings (SSSR count). The second-order valence-electron chi connectivity index (χ2n) is 5.36. The summed E-state index contributed by atoms with van der Waals surface area (Å²) in [6, 6.07) is 8.04. The van der Waals surface area contributed by atoms with Gasteiger partial charge in [-0.05, 0) is 55.9 Å². The Morgan fingerprint density at radius 2 is 1.84 bits per heavy atom. The van der Waals surface area contributed by atoms with Crippen LogP contribution in [0.1, 0.15) is 50.0 Å². The second-order valence-corrected chi connectivity index (χ2v) is 5.36. The molecule has 0 N–H and O–H groups in total. The van der Waals surface area contributed by atoms with Crippen LogP contribution in [0.25, 0.3) is 4.85 Å². The summed E-state index contributed by atoms with van der Waals surface area (Å²) in [6.45, 7) is 6.96. The minimum Gasteiger partial charge on any atom is -0.238 e. The highest BCUT2D eigenvalue weighted by molar-refractivity contribution is 5.45. The fourth-order valence-electron chi connectivity index (χ4n) is 3.00. The van der Waals surface area contributed by atoms with Crippen LogP contribution < -0.4 is 0 Å². The van der Waals surface area contributed by atoms with Crippen molar-refractivity contribution in [1.82, 2.24) is 0 Å². The molecule has 0 amide bonds. The van der Waals surface area contributed by atoms with E-state index in [4.69, 9.17) is 6.57 Å². The van der Waals surface area contributed by atoms with Gasteiger partial charge in [-0.15, -0.1) is 0 Å². The van der Waals surface area contributed by atoms with E-state index in [0.29, 0.717) is 12.2 Å². The Bertz CT molecular complexity index is 447. The van der Waals surface area contributed by atoms with E-state index in [0.717, 1.165) is 24.4 Å². The normalized spacial score (nSPS) is 23.4. The van der Waals surface area contributed by atoms with E-state index in [1.165, 1.54) is 31.2 Å². The average molecular weight is 257 g/mol. The fourth-order valence-corrected chi connectivity index (χ4v) is 3.00. The third-order valence-electron chi connectivity index (χ3n) is 4.17. The minimum absolute atomic E-state index is 0.646. The molecule has 0 radical (unpaired) electrons. The van der Waals surface area contributed by atoms with Gasteiger partial charge in [-0.3, -0.25) is 0 Å². The molecule has 0 unspecified atom stereocenters. The number of hydrogen-bond acceptors (Lipinski definition) is 0. The summed E-state index contributed by atoms with van der Waals surface area (Å²) in [5, 5.41) is 0. The van der Waals surface area contributed by atoms with Crippen LogP contribution in [-0.2, 0) is 0 Å². The maximum Gasteiger partial charge on any atom is 0.187 e. The van der Waals surface area contributed by atoms with E-state index < -0.39 is 0 Å². The average Bonchev–Trinajstić information content (AvgIpc) is 2.48. The van der Waals surface area contributed by atoms with Crippen LogP contribution in [0, 0.1) is 12.5 Å². The minimum atomic E-state index is 0.646. The molecular formula is C17H20FN. The Morgan fingerprint density at radius 1 is 1.16 bits per heavy atom. The summed E-state index contributed by atoms with van der Waals surface area (Å²) in [7, 11) is 0. The first kappa shape index (κ1) is 13.8. The van der Waals surface area contributed by atoms with Crippen LogP contribution in [0.2, 0.25) is 0 Å². The van der Waals surface area contributed by atoms with E-state index in [9.17, 15) is 4.39 Å². The Balaban J connectivity index is 1.83. The second kappa shape index (κ2) is 7.09. The van der Waals surface area contributed by atoms with Crippen molar-refractivity contribution < 1.29 is 4.39 Å². The molecule has 1 aliphatic carbocycles. The summed E-state index contributed by atoms with van der Waals surface area (Å²) in [6.07, 6.45) is 9.20. The monoisotopic (exact) mass is 257 g/mol. The largest absolute Gasteiger partial charge is 0.238 e. The van der Waals surface area contributed by atoms with Crippen molar-refractivity contribution in [2.24, 2.45) is 5.92 Å². The number of halogens is 1. The third-order valence-corrected chi connectivity index (χ3v) is 4.17. The zero-order chi connectivity index (χ0) is 13.5. The molecule has 1 fully saturated rings. The van der Waals surface area contributed by atoms with Crippen molar-refractivity contribution in [2.45, 2.75) is 44.4 Å². The number of hydrogen-bond donors (Lipinski definition) is 0. The highest BCUT2D eigenvalue weighted by Crippen LogP contribution is 2.37. The molecular weight excluding hydrogens is 237 g/mol. The molecule has 100 valence electrons. The van der Waals surface area contributed by atoms with Gasteiger partial charge in [-0.1, -0.05) is 30.3 Å². The number of benzene rings is 1. The molecule has 0 aromatic heterocycles. The van der Waals surface area contributed by atoms with Crippen molar-refractivity contribution in [2.75, 3.05) is 0 Å². The molecule has 19 heavy (non-hydrogen) atoms. The Labute approximate surface area is 115 Å². The number of nitrogens with zero attached hydrogens (tertiary/aromatic N) is 1. The van der Waals surface area contributed by atoms with E-state index in [1.54, 1.807) is 6.08 Å². The summed E-state index contributed by atoms with van der Waals surface area (Å²) in [5.74, 6) is 1.41. The predicted molar refractivity (Wildman–Crippen MR) is 76.9 cm³/mol. The highest BCUT2D eigenvalue weighted by Gasteiger charge is 2.21. The highest BCUT2D eigenvalue weighted by atomic mass is 19.1. The third kappa shape index (κ3) is 3.92. The maximum atomic E-state index is 11.9. The molecule has 0 saturated heterocycles. The van der Waals surface area contributed by atoms with Gasteiger partial charge < -0.3 is 0 Å². The Kier molecular flexibility index (Phi) is 5.15. The summed E-state index contributed by atoms with van der Waals surface area (Å²) in [5.41, 5.74) is 2.09. The molecule has 0 atom stereocenters. The van der Waals surface area contributed by atoms with Crippen LogP contribution in [0.5, 0.6) is 0 Å². The van der Waals surface area contributed by atoms with Gasteiger partial charge in [0.05, 0.1) is 12.9 Å². The zero-order valence-electron chi connectivity index (χ0n) is 11.2. The smallest absolute Gasteiger partial charge is 0.187 e. The standard InChI is InChI=1S/C17H20FN/c1-19-17-11-9-16(10-12-17)15-7-5-14(6-8-15)4-2-3-13-18/h3,9-15H,2,4-8H2/b13-3+. The lowest BCUT2D eigenvalue weighted by Gasteiger charge is -2.28. The topological polar surface area (TPSA) is 4.36 Å². The van der Waals surface area contributed by atoms with Gasteiger partial charge in [0.1, 0.15) is 0 Å². The van der Waals surface area contributed by atoms with Gasteiger partial charge in [0.2, 0.25) is 0 Å². The first-order chi connectivity index (χ1) is 9.33.